The maximum Gasteiger partial charge on any atom is 0.302 e. The van der Waals surface area contributed by atoms with Gasteiger partial charge in [-0.05, 0) is 11.5 Å². The van der Waals surface area contributed by atoms with Crippen molar-refractivity contribution in [2.24, 2.45) is 0 Å². The Balaban J connectivity index is 3.53. The van der Waals surface area contributed by atoms with E-state index in [4.69, 9.17) is 9.16 Å². The Bertz CT molecular complexity index is 145. The van der Waals surface area contributed by atoms with E-state index in [0.717, 1.165) is 6.42 Å². The van der Waals surface area contributed by atoms with Crippen molar-refractivity contribution in [3.05, 3.63) is 0 Å². The molecule has 0 aromatic rings. The van der Waals surface area contributed by atoms with Crippen LogP contribution < -0.4 is 0 Å². The molecule has 12 heavy (non-hydrogen) atoms. The summed E-state index contributed by atoms with van der Waals surface area (Å²) in [6.45, 7) is 6.23. The number of ether oxygens (including phenoxy) is 1. The summed E-state index contributed by atoms with van der Waals surface area (Å²) in [5.41, 5.74) is 0. The summed E-state index contributed by atoms with van der Waals surface area (Å²) in [7, 11) is 1.25. The Kier molecular flexibility index (Phi) is 5.16. The Morgan fingerprint density at radius 1 is 1.50 bits per heavy atom. The van der Waals surface area contributed by atoms with Crippen molar-refractivity contribution in [1.82, 2.24) is 0 Å². The van der Waals surface area contributed by atoms with Crippen LogP contribution in [0.1, 0.15) is 27.2 Å². The van der Waals surface area contributed by atoms with Gasteiger partial charge in [-0.25, -0.2) is 0 Å². The molecule has 3 nitrogen and oxygen atoms in total. The maximum absolute atomic E-state index is 10.4. The molecule has 0 aromatic carbocycles. The molecule has 0 N–H and O–H groups in total. The molecule has 0 aliphatic carbocycles. The first-order valence-electron chi connectivity index (χ1n) is 4.10. The van der Waals surface area contributed by atoms with Gasteiger partial charge < -0.3 is 9.16 Å². The summed E-state index contributed by atoms with van der Waals surface area (Å²) in [5.74, 6) is -0.204. The molecule has 0 atom stereocenters. The van der Waals surface area contributed by atoms with E-state index in [1.165, 1.54) is 6.92 Å². The van der Waals surface area contributed by atoms with Crippen LogP contribution in [0.5, 0.6) is 0 Å². The van der Waals surface area contributed by atoms with Crippen LogP contribution in [-0.2, 0) is 14.0 Å². The van der Waals surface area contributed by atoms with Crippen LogP contribution in [0.2, 0.25) is 5.04 Å². The van der Waals surface area contributed by atoms with Gasteiger partial charge in [-0.1, -0.05) is 13.8 Å². The lowest BCUT2D eigenvalue weighted by Gasteiger charge is -2.21. The van der Waals surface area contributed by atoms with Crippen molar-refractivity contribution < 1.29 is 14.0 Å². The van der Waals surface area contributed by atoms with Crippen LogP contribution >= 0.6 is 0 Å². The molecule has 0 unspecified atom stereocenters. The second-order valence-electron chi connectivity index (χ2n) is 3.69. The minimum Gasteiger partial charge on any atom is -0.466 e. The Hall–Kier alpha value is -0.353. The van der Waals surface area contributed by atoms with E-state index >= 15 is 0 Å². The zero-order valence-electron chi connectivity index (χ0n) is 8.35. The van der Waals surface area contributed by atoms with E-state index in [1.54, 1.807) is 7.11 Å². The fraction of sp³-hybridized carbons (Fsp3) is 0.875. The molecule has 0 spiro atoms. The molecule has 0 aromatic heterocycles. The predicted molar refractivity (Wildman–Crippen MR) is 50.8 cm³/mol. The first-order chi connectivity index (χ1) is 5.48. The third-order valence-electron chi connectivity index (χ3n) is 1.62. The third kappa shape index (κ3) is 6.36. The van der Waals surface area contributed by atoms with E-state index in [1.807, 2.05) is 0 Å². The quantitative estimate of drug-likeness (QED) is 0.476. The largest absolute Gasteiger partial charge is 0.466 e. The zero-order chi connectivity index (χ0) is 9.61. The molecule has 0 saturated heterocycles. The lowest BCUT2D eigenvalue weighted by molar-refractivity contribution is -0.141. The fourth-order valence-electron chi connectivity index (χ4n) is 0.934. The van der Waals surface area contributed by atoms with Crippen molar-refractivity contribution in [3.63, 3.8) is 0 Å². The average Bonchev–Trinajstić information content (AvgIpc) is 1.85. The van der Waals surface area contributed by atoms with Crippen LogP contribution in [0.4, 0.5) is 0 Å². The molecule has 4 heteroatoms. The number of hydrogen-bond donors (Lipinski definition) is 0. The molecule has 0 bridgehead atoms. The minimum absolute atomic E-state index is 0.204. The highest BCUT2D eigenvalue weighted by atomic mass is 28.2. The number of carbonyl (C=O) groups is 1. The van der Waals surface area contributed by atoms with Crippen molar-refractivity contribution in [1.29, 1.82) is 0 Å². The normalized spacial score (nSPS) is 12.3. The van der Waals surface area contributed by atoms with Gasteiger partial charge >= 0.3 is 5.97 Å². The molecule has 0 aliphatic heterocycles. The van der Waals surface area contributed by atoms with Crippen LogP contribution in [0.3, 0.4) is 0 Å². The summed E-state index contributed by atoms with van der Waals surface area (Å²) >= 11 is 0. The van der Waals surface area contributed by atoms with Gasteiger partial charge in [0.05, 0.1) is 6.61 Å². The lowest BCUT2D eigenvalue weighted by Crippen LogP contribution is -2.17. The van der Waals surface area contributed by atoms with E-state index < -0.39 is 9.76 Å². The molecule has 0 heterocycles. The highest BCUT2D eigenvalue weighted by Gasteiger charge is 2.18. The summed E-state index contributed by atoms with van der Waals surface area (Å²) in [6, 6.07) is 0. The lowest BCUT2D eigenvalue weighted by atomic mass is 10.1. The van der Waals surface area contributed by atoms with Gasteiger partial charge in [0.2, 0.25) is 0 Å². The second-order valence-corrected chi connectivity index (χ2v) is 6.47. The number of hydrogen-bond acceptors (Lipinski definition) is 3. The maximum atomic E-state index is 10.4. The molecule has 0 rings (SSSR count). The van der Waals surface area contributed by atoms with E-state index in [2.05, 4.69) is 13.8 Å². The average molecular weight is 190 g/mol. The molecule has 72 valence electrons. The Labute approximate surface area is 76.4 Å². The van der Waals surface area contributed by atoms with Gasteiger partial charge in [-0.2, -0.15) is 0 Å². The van der Waals surface area contributed by atoms with E-state index in [9.17, 15) is 4.79 Å². The third-order valence-corrected chi connectivity index (χ3v) is 3.04. The standard InChI is InChI=1S/C8H18O3Si/c1-7(9)11-6-5-8(2,3)12-10-4/h5-6,12H2,1-4H3. The van der Waals surface area contributed by atoms with Crippen molar-refractivity contribution in [2.75, 3.05) is 13.7 Å². The predicted octanol–water partition coefficient (Wildman–Crippen LogP) is 0.868. The number of rotatable bonds is 5. The SMILES string of the molecule is CO[SiH2]C(C)(C)CCOC(C)=O. The number of carbonyl (C=O) groups excluding carboxylic acids is 1. The summed E-state index contributed by atoms with van der Waals surface area (Å²) < 4.78 is 10.0. The molecule has 0 radical (unpaired) electrons. The highest BCUT2D eigenvalue weighted by Crippen LogP contribution is 2.26. The zero-order valence-corrected chi connectivity index (χ0v) is 9.76. The van der Waals surface area contributed by atoms with Crippen molar-refractivity contribution in [2.45, 2.75) is 32.2 Å². The summed E-state index contributed by atoms with van der Waals surface area (Å²) in [4.78, 5) is 10.4. The molecule has 0 amide bonds. The van der Waals surface area contributed by atoms with Crippen LogP contribution in [0.25, 0.3) is 0 Å². The summed E-state index contributed by atoms with van der Waals surface area (Å²) in [6.07, 6.45) is 0.895. The van der Waals surface area contributed by atoms with Crippen molar-refractivity contribution >= 4 is 15.7 Å². The minimum atomic E-state index is -0.487. The van der Waals surface area contributed by atoms with Crippen LogP contribution in [0, 0.1) is 0 Å². The second kappa shape index (κ2) is 5.32. The van der Waals surface area contributed by atoms with Crippen LogP contribution in [-0.4, -0.2) is 29.4 Å². The summed E-state index contributed by atoms with van der Waals surface area (Å²) in [5, 5.41) is 0.226. The van der Waals surface area contributed by atoms with Gasteiger partial charge in [-0.3, -0.25) is 4.79 Å². The van der Waals surface area contributed by atoms with Gasteiger partial charge in [-0.15, -0.1) is 0 Å². The number of esters is 1. The van der Waals surface area contributed by atoms with Crippen LogP contribution in [0.15, 0.2) is 0 Å². The fourth-order valence-corrected chi connectivity index (χ4v) is 2.00. The molecule has 0 aliphatic rings. The first-order valence-corrected chi connectivity index (χ1v) is 5.39. The van der Waals surface area contributed by atoms with Gasteiger partial charge in [0.15, 0.2) is 9.76 Å². The smallest absolute Gasteiger partial charge is 0.302 e. The van der Waals surface area contributed by atoms with Gasteiger partial charge in [0.1, 0.15) is 0 Å². The Morgan fingerprint density at radius 2 is 2.08 bits per heavy atom. The van der Waals surface area contributed by atoms with Gasteiger partial charge in [0, 0.05) is 14.0 Å². The van der Waals surface area contributed by atoms with E-state index in [-0.39, 0.29) is 11.0 Å². The Morgan fingerprint density at radius 3 is 2.50 bits per heavy atom. The molecular weight excluding hydrogens is 172 g/mol. The highest BCUT2D eigenvalue weighted by molar-refractivity contribution is 6.31. The molecule has 0 fully saturated rings. The molecular formula is C8H18O3Si. The van der Waals surface area contributed by atoms with Gasteiger partial charge in [0.25, 0.3) is 0 Å². The van der Waals surface area contributed by atoms with Crippen molar-refractivity contribution in [3.8, 4) is 0 Å². The van der Waals surface area contributed by atoms with E-state index in [0.29, 0.717) is 6.61 Å². The first kappa shape index (κ1) is 11.6. The topological polar surface area (TPSA) is 35.5 Å². The monoisotopic (exact) mass is 190 g/mol. The molecule has 0 saturated carbocycles.